The van der Waals surface area contributed by atoms with E-state index in [9.17, 15) is 4.79 Å². The molecule has 0 amide bonds. The highest BCUT2D eigenvalue weighted by Crippen LogP contribution is 2.22. The minimum Gasteiger partial charge on any atom is -0.493 e. The maximum Gasteiger partial charge on any atom is 0.311 e. The maximum absolute atomic E-state index is 10.9. The van der Waals surface area contributed by atoms with Gasteiger partial charge in [0.25, 0.3) is 0 Å². The molecule has 5 heteroatoms. The summed E-state index contributed by atoms with van der Waals surface area (Å²) >= 11 is 4.83. The molecule has 1 N–H and O–H groups in total. The fourth-order valence-corrected chi connectivity index (χ4v) is 1.71. The number of hydrogen-bond donors (Lipinski definition) is 2. The molecule has 0 aliphatic heterocycles. The van der Waals surface area contributed by atoms with Gasteiger partial charge < -0.3 is 5.11 Å². The minimum absolute atomic E-state index is 0.0270. The van der Waals surface area contributed by atoms with Crippen LogP contribution >= 0.6 is 24.0 Å². The molecule has 0 spiro atoms. The van der Waals surface area contributed by atoms with E-state index in [2.05, 4.69) is 12.6 Å². The summed E-state index contributed by atoms with van der Waals surface area (Å²) in [4.78, 5) is 10.7. The Morgan fingerprint density at radius 1 is 1.80 bits per heavy atom. The van der Waals surface area contributed by atoms with Crippen LogP contribution in [-0.2, 0) is 6.54 Å². The van der Waals surface area contributed by atoms with E-state index in [4.69, 9.17) is 5.11 Å². The Labute approximate surface area is 67.3 Å². The molecule has 56 valence electrons. The summed E-state index contributed by atoms with van der Waals surface area (Å²) in [6.45, 7) is 2.28. The zero-order chi connectivity index (χ0) is 7.72. The van der Waals surface area contributed by atoms with E-state index in [1.807, 2.05) is 0 Å². The van der Waals surface area contributed by atoms with Crippen LogP contribution in [0.1, 0.15) is 6.92 Å². The molecule has 0 bridgehead atoms. The van der Waals surface area contributed by atoms with Crippen LogP contribution < -0.4 is 4.87 Å². The van der Waals surface area contributed by atoms with Gasteiger partial charge in [-0.2, -0.15) is 0 Å². The molecular weight excluding hydrogens is 170 g/mol. The number of rotatable bonds is 1. The standard InChI is InChI=1S/C5H7NO2S2/c1-2-6-3(7)4(9)10-5(6)8/h7,9H,2H2,1H3. The van der Waals surface area contributed by atoms with Gasteiger partial charge in [-0.3, -0.25) is 9.36 Å². The Morgan fingerprint density at radius 3 is 2.60 bits per heavy atom. The van der Waals surface area contributed by atoms with Gasteiger partial charge in [-0.25, -0.2) is 0 Å². The summed E-state index contributed by atoms with van der Waals surface area (Å²) < 4.78 is 1.65. The second-order valence-electron chi connectivity index (χ2n) is 1.74. The van der Waals surface area contributed by atoms with Crippen molar-refractivity contribution >= 4 is 24.0 Å². The number of thiol groups is 1. The number of aromatic nitrogens is 1. The van der Waals surface area contributed by atoms with Crippen molar-refractivity contribution in [3.63, 3.8) is 0 Å². The summed E-state index contributed by atoms with van der Waals surface area (Å²) in [6, 6.07) is 0. The van der Waals surface area contributed by atoms with Crippen molar-refractivity contribution in [1.29, 1.82) is 0 Å². The molecule has 0 saturated carbocycles. The predicted octanol–water partition coefficient (Wildman–Crippen LogP) is 0.924. The highest BCUT2D eigenvalue weighted by Gasteiger charge is 2.07. The second kappa shape index (κ2) is 2.67. The summed E-state index contributed by atoms with van der Waals surface area (Å²) in [6.07, 6.45) is 0. The van der Waals surface area contributed by atoms with Gasteiger partial charge in [0.2, 0.25) is 5.88 Å². The van der Waals surface area contributed by atoms with E-state index >= 15 is 0 Å². The van der Waals surface area contributed by atoms with E-state index < -0.39 is 0 Å². The summed E-state index contributed by atoms with van der Waals surface area (Å²) in [5, 5.41) is 9.12. The van der Waals surface area contributed by atoms with Crippen LogP contribution in [-0.4, -0.2) is 9.67 Å². The quantitative estimate of drug-likeness (QED) is 0.626. The van der Waals surface area contributed by atoms with Crippen LogP contribution in [0.25, 0.3) is 0 Å². The third-order valence-electron chi connectivity index (χ3n) is 1.17. The third kappa shape index (κ3) is 1.06. The van der Waals surface area contributed by atoms with Crippen molar-refractivity contribution in [2.75, 3.05) is 0 Å². The summed E-state index contributed by atoms with van der Waals surface area (Å²) in [7, 11) is 0. The molecule has 0 radical (unpaired) electrons. The molecular formula is C5H7NO2S2. The first-order chi connectivity index (χ1) is 4.66. The lowest BCUT2D eigenvalue weighted by Crippen LogP contribution is -2.09. The van der Waals surface area contributed by atoms with Crippen molar-refractivity contribution < 1.29 is 5.11 Å². The average molecular weight is 177 g/mol. The van der Waals surface area contributed by atoms with Gasteiger partial charge in [0, 0.05) is 6.54 Å². The molecule has 0 saturated heterocycles. The molecule has 0 fully saturated rings. The molecule has 1 rings (SSSR count). The first-order valence-electron chi connectivity index (χ1n) is 2.78. The van der Waals surface area contributed by atoms with Gasteiger partial charge >= 0.3 is 4.87 Å². The van der Waals surface area contributed by atoms with Crippen molar-refractivity contribution in [3.05, 3.63) is 9.67 Å². The Kier molecular flexibility index (Phi) is 2.05. The molecule has 0 aromatic carbocycles. The zero-order valence-corrected chi connectivity index (χ0v) is 7.08. The van der Waals surface area contributed by atoms with Crippen molar-refractivity contribution in [3.8, 4) is 5.88 Å². The Bertz CT molecular complexity index is 288. The molecule has 0 atom stereocenters. The molecule has 1 heterocycles. The van der Waals surface area contributed by atoms with Crippen molar-refractivity contribution in [2.45, 2.75) is 17.7 Å². The second-order valence-corrected chi connectivity index (χ2v) is 3.45. The van der Waals surface area contributed by atoms with Gasteiger partial charge in [0.05, 0.1) is 0 Å². The average Bonchev–Trinajstić information content (AvgIpc) is 2.09. The van der Waals surface area contributed by atoms with Gasteiger partial charge in [0.1, 0.15) is 4.21 Å². The Balaban J connectivity index is 3.34. The number of thiazole rings is 1. The van der Waals surface area contributed by atoms with E-state index in [1.54, 1.807) is 6.92 Å². The molecule has 0 aliphatic rings. The van der Waals surface area contributed by atoms with E-state index in [0.717, 1.165) is 11.3 Å². The van der Waals surface area contributed by atoms with E-state index in [-0.39, 0.29) is 10.8 Å². The van der Waals surface area contributed by atoms with Crippen LogP contribution in [0, 0.1) is 0 Å². The van der Waals surface area contributed by atoms with Crippen LogP contribution in [0.5, 0.6) is 5.88 Å². The van der Waals surface area contributed by atoms with Gasteiger partial charge in [-0.15, -0.1) is 12.6 Å². The van der Waals surface area contributed by atoms with E-state index in [1.165, 1.54) is 4.57 Å². The number of nitrogens with zero attached hydrogens (tertiary/aromatic N) is 1. The largest absolute Gasteiger partial charge is 0.493 e. The SMILES string of the molecule is CCn1c(O)c(S)sc1=O. The lowest BCUT2D eigenvalue weighted by Gasteiger charge is -1.94. The van der Waals surface area contributed by atoms with Crippen molar-refractivity contribution in [2.24, 2.45) is 0 Å². The van der Waals surface area contributed by atoms with Gasteiger partial charge in [-0.05, 0) is 6.92 Å². The monoisotopic (exact) mass is 177 g/mol. The van der Waals surface area contributed by atoms with Crippen LogP contribution in [0.3, 0.4) is 0 Å². The minimum atomic E-state index is -0.162. The first kappa shape index (κ1) is 7.68. The smallest absolute Gasteiger partial charge is 0.311 e. The molecule has 0 aliphatic carbocycles. The molecule has 1 aromatic rings. The maximum atomic E-state index is 10.9. The number of hydrogen-bond acceptors (Lipinski definition) is 4. The summed E-state index contributed by atoms with van der Waals surface area (Å²) in [5.74, 6) is -0.0270. The fraction of sp³-hybridized carbons (Fsp3) is 0.400. The lowest BCUT2D eigenvalue weighted by molar-refractivity contribution is 0.408. The summed E-state index contributed by atoms with van der Waals surface area (Å²) in [5.41, 5.74) is 0. The predicted molar refractivity (Wildman–Crippen MR) is 43.2 cm³/mol. The zero-order valence-electron chi connectivity index (χ0n) is 5.37. The van der Waals surface area contributed by atoms with Crippen molar-refractivity contribution in [1.82, 2.24) is 4.57 Å². The van der Waals surface area contributed by atoms with Gasteiger partial charge in [-0.1, -0.05) is 11.3 Å². The lowest BCUT2D eigenvalue weighted by atomic mass is 10.7. The van der Waals surface area contributed by atoms with E-state index in [0.29, 0.717) is 10.8 Å². The normalized spacial score (nSPS) is 10.2. The van der Waals surface area contributed by atoms with Gasteiger partial charge in [0.15, 0.2) is 0 Å². The first-order valence-corrected chi connectivity index (χ1v) is 4.04. The fourth-order valence-electron chi connectivity index (χ4n) is 0.664. The highest BCUT2D eigenvalue weighted by molar-refractivity contribution is 7.82. The van der Waals surface area contributed by atoms with Crippen LogP contribution in [0.4, 0.5) is 0 Å². The molecule has 1 aromatic heterocycles. The van der Waals surface area contributed by atoms with Crippen LogP contribution in [0.2, 0.25) is 0 Å². The number of aromatic hydroxyl groups is 1. The Morgan fingerprint density at radius 2 is 2.40 bits per heavy atom. The Hall–Kier alpha value is -0.420. The topological polar surface area (TPSA) is 42.2 Å². The molecule has 0 unspecified atom stereocenters. The highest BCUT2D eigenvalue weighted by atomic mass is 32.2. The third-order valence-corrected chi connectivity index (χ3v) is 2.41. The van der Waals surface area contributed by atoms with Crippen LogP contribution in [0.15, 0.2) is 9.00 Å². The molecule has 3 nitrogen and oxygen atoms in total. The molecule has 10 heavy (non-hydrogen) atoms.